The minimum atomic E-state index is -0.645. The van der Waals surface area contributed by atoms with Gasteiger partial charge in [0.2, 0.25) is 11.9 Å². The summed E-state index contributed by atoms with van der Waals surface area (Å²) >= 11 is 0. The Bertz CT molecular complexity index is 1160. The zero-order chi connectivity index (χ0) is 22.4. The van der Waals surface area contributed by atoms with Crippen molar-refractivity contribution in [1.82, 2.24) is 35.0 Å². The summed E-state index contributed by atoms with van der Waals surface area (Å²) in [6.07, 6.45) is 7.08. The largest absolute Gasteiger partial charge is 0.339 e. The van der Waals surface area contributed by atoms with E-state index in [1.807, 2.05) is 34.7 Å². The monoisotopic (exact) mass is 449 g/mol. The lowest BCUT2D eigenvalue weighted by Crippen LogP contribution is -2.56. The van der Waals surface area contributed by atoms with Crippen molar-refractivity contribution in [2.45, 2.75) is 50.5 Å². The molecule has 0 bridgehead atoms. The highest BCUT2D eigenvalue weighted by Gasteiger charge is 2.47. The molecular weight excluding hydrogens is 418 g/mol. The number of H-pyrrole nitrogens is 1. The Balaban J connectivity index is 1.32. The Labute approximate surface area is 192 Å². The molecule has 0 aromatic carbocycles. The molecule has 5 heterocycles. The van der Waals surface area contributed by atoms with Gasteiger partial charge >= 0.3 is 0 Å². The van der Waals surface area contributed by atoms with Gasteiger partial charge in [-0.2, -0.15) is 10.1 Å². The number of hydrogen-bond donors (Lipinski definition) is 3. The molecule has 3 aromatic rings. The highest BCUT2D eigenvalue weighted by Crippen LogP contribution is 2.40. The summed E-state index contributed by atoms with van der Waals surface area (Å²) in [6, 6.07) is 6.01. The molecule has 1 saturated carbocycles. The van der Waals surface area contributed by atoms with Gasteiger partial charge in [-0.3, -0.25) is 9.89 Å². The summed E-state index contributed by atoms with van der Waals surface area (Å²) in [7, 11) is 0. The molecule has 10 nitrogen and oxygen atoms in total. The van der Waals surface area contributed by atoms with E-state index in [-0.39, 0.29) is 5.91 Å². The first-order chi connectivity index (χ1) is 16.1. The number of aromatic amines is 1. The van der Waals surface area contributed by atoms with Gasteiger partial charge in [-0.1, -0.05) is 0 Å². The summed E-state index contributed by atoms with van der Waals surface area (Å²) in [4.78, 5) is 22.7. The van der Waals surface area contributed by atoms with Crippen molar-refractivity contribution in [1.29, 1.82) is 0 Å². The third kappa shape index (κ3) is 3.72. The quantitative estimate of drug-likeness (QED) is 0.548. The fraction of sp³-hybridized carbons (Fsp3) is 0.565. The van der Waals surface area contributed by atoms with Gasteiger partial charge in [-0.05, 0) is 57.7 Å². The van der Waals surface area contributed by atoms with Crippen LogP contribution in [0.4, 0.5) is 17.6 Å². The first kappa shape index (κ1) is 20.5. The average Bonchev–Trinajstić information content (AvgIpc) is 3.29. The molecule has 2 aliphatic heterocycles. The van der Waals surface area contributed by atoms with Gasteiger partial charge in [0.25, 0.3) is 0 Å². The molecule has 3 fully saturated rings. The second-order valence-electron chi connectivity index (χ2n) is 9.63. The SMILES string of the molecule is C[C@@]1(C(=O)N2CCCNCC2)CCCN1c1nc(Nc2cc(C3CC3)[nH]n2)c2cccn2n1. The molecule has 10 heteroatoms. The Morgan fingerprint density at radius 2 is 2.12 bits per heavy atom. The van der Waals surface area contributed by atoms with Crippen molar-refractivity contribution in [2.24, 2.45) is 0 Å². The number of fused-ring (bicyclic) bond motifs is 1. The fourth-order valence-electron chi connectivity index (χ4n) is 5.15. The Morgan fingerprint density at radius 3 is 3.00 bits per heavy atom. The molecule has 0 unspecified atom stereocenters. The highest BCUT2D eigenvalue weighted by atomic mass is 16.2. The molecule has 1 aliphatic carbocycles. The molecule has 2 saturated heterocycles. The third-order valence-electron chi connectivity index (χ3n) is 7.21. The van der Waals surface area contributed by atoms with Crippen LogP contribution in [0.3, 0.4) is 0 Å². The highest BCUT2D eigenvalue weighted by molar-refractivity contribution is 5.90. The molecule has 3 aromatic heterocycles. The summed E-state index contributed by atoms with van der Waals surface area (Å²) < 4.78 is 1.83. The lowest BCUT2D eigenvalue weighted by molar-refractivity contribution is -0.136. The molecular formula is C23H31N9O. The molecule has 33 heavy (non-hydrogen) atoms. The molecule has 1 atom stereocenters. The van der Waals surface area contributed by atoms with E-state index in [4.69, 9.17) is 10.1 Å². The van der Waals surface area contributed by atoms with Crippen LogP contribution in [0.25, 0.3) is 5.52 Å². The Morgan fingerprint density at radius 1 is 1.21 bits per heavy atom. The number of hydrogen-bond acceptors (Lipinski definition) is 7. The predicted octanol–water partition coefficient (Wildman–Crippen LogP) is 2.25. The number of nitrogens with zero attached hydrogens (tertiary/aromatic N) is 6. The van der Waals surface area contributed by atoms with Crippen molar-refractivity contribution < 1.29 is 4.79 Å². The van der Waals surface area contributed by atoms with E-state index in [2.05, 4.69) is 31.8 Å². The number of carbonyl (C=O) groups is 1. The van der Waals surface area contributed by atoms with E-state index in [1.165, 1.54) is 18.5 Å². The summed E-state index contributed by atoms with van der Waals surface area (Å²) in [5.74, 6) is 2.80. The number of aromatic nitrogens is 5. The van der Waals surface area contributed by atoms with Crippen LogP contribution in [0.2, 0.25) is 0 Å². The number of anilines is 3. The summed E-state index contributed by atoms with van der Waals surface area (Å²) in [5.41, 5.74) is 1.40. The molecule has 3 aliphatic rings. The van der Waals surface area contributed by atoms with Crippen LogP contribution < -0.4 is 15.5 Å². The zero-order valence-corrected chi connectivity index (χ0v) is 19.0. The molecule has 6 rings (SSSR count). The van der Waals surface area contributed by atoms with Crippen molar-refractivity contribution >= 4 is 29.0 Å². The zero-order valence-electron chi connectivity index (χ0n) is 19.0. The predicted molar refractivity (Wildman–Crippen MR) is 126 cm³/mol. The van der Waals surface area contributed by atoms with E-state index in [1.54, 1.807) is 0 Å². The van der Waals surface area contributed by atoms with Crippen molar-refractivity contribution in [3.8, 4) is 0 Å². The normalized spacial score (nSPS) is 23.8. The van der Waals surface area contributed by atoms with E-state index in [9.17, 15) is 4.79 Å². The van der Waals surface area contributed by atoms with Gasteiger partial charge in [0.05, 0.1) is 0 Å². The van der Waals surface area contributed by atoms with Crippen LogP contribution in [-0.4, -0.2) is 73.9 Å². The minimum absolute atomic E-state index is 0.177. The standard InChI is InChI=1S/C23H31N9O/c1-23(21(33)30-11-4-9-24-10-14-30)8-3-12-31(23)22-26-20(18-5-2-13-32(18)29-22)25-19-15-17(27-28-19)16-6-7-16/h2,5,13,15-16,24H,3-4,6-12,14H2,1H3,(H2,25,26,27,28,29)/t23-/m0/s1. The maximum Gasteiger partial charge on any atom is 0.248 e. The average molecular weight is 450 g/mol. The Hall–Kier alpha value is -3.14. The lowest BCUT2D eigenvalue weighted by Gasteiger charge is -2.37. The van der Waals surface area contributed by atoms with Crippen molar-refractivity contribution in [3.05, 3.63) is 30.1 Å². The minimum Gasteiger partial charge on any atom is -0.339 e. The van der Waals surface area contributed by atoms with Gasteiger partial charge in [0.15, 0.2) is 11.6 Å². The van der Waals surface area contributed by atoms with E-state index in [0.29, 0.717) is 17.7 Å². The number of rotatable bonds is 5. The maximum atomic E-state index is 13.7. The van der Waals surface area contributed by atoms with Crippen LogP contribution in [0.1, 0.15) is 50.6 Å². The van der Waals surface area contributed by atoms with Gasteiger partial charge in [-0.15, -0.1) is 5.10 Å². The van der Waals surface area contributed by atoms with Crippen LogP contribution in [0, 0.1) is 0 Å². The smallest absolute Gasteiger partial charge is 0.248 e. The first-order valence-electron chi connectivity index (χ1n) is 12.1. The van der Waals surface area contributed by atoms with Crippen molar-refractivity contribution in [3.63, 3.8) is 0 Å². The van der Waals surface area contributed by atoms with Gasteiger partial charge < -0.3 is 20.4 Å². The lowest BCUT2D eigenvalue weighted by atomic mass is 9.96. The summed E-state index contributed by atoms with van der Waals surface area (Å²) in [5, 5.41) is 19.1. The second kappa shape index (κ2) is 8.02. The molecule has 0 spiro atoms. The summed E-state index contributed by atoms with van der Waals surface area (Å²) in [6.45, 7) is 6.15. The molecule has 3 N–H and O–H groups in total. The number of nitrogens with one attached hydrogen (secondary N) is 3. The van der Waals surface area contributed by atoms with Gasteiger partial charge in [0.1, 0.15) is 11.1 Å². The van der Waals surface area contributed by atoms with Crippen LogP contribution >= 0.6 is 0 Å². The first-order valence-corrected chi connectivity index (χ1v) is 12.1. The van der Waals surface area contributed by atoms with Crippen LogP contribution in [0.5, 0.6) is 0 Å². The van der Waals surface area contributed by atoms with Crippen molar-refractivity contribution in [2.75, 3.05) is 42.9 Å². The van der Waals surface area contributed by atoms with Crippen LogP contribution in [0.15, 0.2) is 24.4 Å². The van der Waals surface area contributed by atoms with E-state index < -0.39 is 5.54 Å². The Kier molecular flexibility index (Phi) is 4.97. The maximum absolute atomic E-state index is 13.7. The topological polar surface area (TPSA) is 106 Å². The van der Waals surface area contributed by atoms with Crippen LogP contribution in [-0.2, 0) is 4.79 Å². The number of carbonyl (C=O) groups excluding carboxylic acids is 1. The molecule has 0 radical (unpaired) electrons. The molecule has 174 valence electrons. The number of amides is 1. The fourth-order valence-corrected chi connectivity index (χ4v) is 5.15. The van der Waals surface area contributed by atoms with Gasteiger partial charge in [0, 0.05) is 50.1 Å². The molecule has 1 amide bonds. The van der Waals surface area contributed by atoms with E-state index in [0.717, 1.165) is 63.3 Å². The second-order valence-corrected chi connectivity index (χ2v) is 9.63. The third-order valence-corrected chi connectivity index (χ3v) is 7.21. The van der Waals surface area contributed by atoms with Gasteiger partial charge in [-0.25, -0.2) is 4.52 Å². The van der Waals surface area contributed by atoms with E-state index >= 15 is 0 Å².